The third-order valence-corrected chi connectivity index (χ3v) is 5.44. The molecule has 0 aliphatic carbocycles. The first-order valence-electron chi connectivity index (χ1n) is 10.00. The maximum Gasteiger partial charge on any atom is 0.412 e. The molecule has 0 saturated carbocycles. The number of amides is 2. The highest BCUT2D eigenvalue weighted by molar-refractivity contribution is 5.90. The van der Waals surface area contributed by atoms with E-state index in [4.69, 9.17) is 4.74 Å². The molecule has 1 aliphatic rings. The van der Waals surface area contributed by atoms with Gasteiger partial charge in [0.2, 0.25) is 5.91 Å². The minimum Gasteiger partial charge on any atom is -0.444 e. The number of likely N-dealkylation sites (tertiary alicyclic amines) is 1. The Hall–Kier alpha value is -3.61. The van der Waals surface area contributed by atoms with Gasteiger partial charge in [-0.2, -0.15) is 0 Å². The number of H-pyrrole nitrogens is 1. The Bertz CT molecular complexity index is 1050. The molecule has 30 heavy (non-hydrogen) atoms. The Morgan fingerprint density at radius 3 is 2.77 bits per heavy atom. The van der Waals surface area contributed by atoms with Gasteiger partial charge in [0.15, 0.2) is 0 Å². The van der Waals surface area contributed by atoms with Crippen molar-refractivity contribution in [1.82, 2.24) is 14.9 Å². The topological polar surface area (TPSA) is 87.3 Å². The number of piperidine rings is 1. The highest BCUT2D eigenvalue weighted by atomic mass is 16.5. The van der Waals surface area contributed by atoms with E-state index < -0.39 is 6.09 Å². The Kier molecular flexibility index (Phi) is 5.79. The third-order valence-electron chi connectivity index (χ3n) is 5.44. The molecule has 3 heterocycles. The lowest BCUT2D eigenvalue weighted by atomic mass is 9.89. The maximum atomic E-state index is 12.2. The Morgan fingerprint density at radius 2 is 2.03 bits per heavy atom. The Balaban J connectivity index is 1.42. The van der Waals surface area contributed by atoms with Gasteiger partial charge in [-0.25, -0.2) is 9.78 Å². The lowest BCUT2D eigenvalue weighted by Gasteiger charge is -2.31. The van der Waals surface area contributed by atoms with Crippen LogP contribution >= 0.6 is 0 Å². The quantitative estimate of drug-likeness (QED) is 0.624. The molecule has 2 N–H and O–H groups in total. The molecule has 1 aromatic carbocycles. The molecule has 0 unspecified atom stereocenters. The zero-order valence-corrected chi connectivity index (χ0v) is 16.6. The van der Waals surface area contributed by atoms with Gasteiger partial charge in [0, 0.05) is 24.7 Å². The molecule has 4 rings (SSSR count). The van der Waals surface area contributed by atoms with Gasteiger partial charge in [-0.05, 0) is 42.0 Å². The number of carbonyl (C=O) groups is 2. The molecular weight excluding hydrogens is 380 g/mol. The lowest BCUT2D eigenvalue weighted by molar-refractivity contribution is -0.127. The standard InChI is InChI=1S/C23H24N4O3/c1-2-21(28)27-10-8-17(9-11-27)20-14-25-22-19(20)12-18(13-24-22)26-23(29)30-15-16-6-4-3-5-7-16/h2-7,12-14,17H,1,8-11,15H2,(H,24,25)(H,26,29). The number of hydrogen-bond acceptors (Lipinski definition) is 4. The van der Waals surface area contributed by atoms with Gasteiger partial charge >= 0.3 is 6.09 Å². The summed E-state index contributed by atoms with van der Waals surface area (Å²) in [6.45, 7) is 5.18. The molecule has 1 aliphatic heterocycles. The molecule has 1 saturated heterocycles. The molecule has 154 valence electrons. The molecule has 3 aromatic rings. The molecule has 2 amide bonds. The number of ether oxygens (including phenoxy) is 1. The first kappa shape index (κ1) is 19.7. The molecular formula is C23H24N4O3. The average molecular weight is 404 g/mol. The second kappa shape index (κ2) is 8.82. The summed E-state index contributed by atoms with van der Waals surface area (Å²) < 4.78 is 5.29. The number of pyridine rings is 1. The highest BCUT2D eigenvalue weighted by Gasteiger charge is 2.24. The van der Waals surface area contributed by atoms with Crippen LogP contribution in [-0.2, 0) is 16.1 Å². The fourth-order valence-electron chi connectivity index (χ4n) is 3.85. The van der Waals surface area contributed by atoms with Crippen LogP contribution in [0.2, 0.25) is 0 Å². The van der Waals surface area contributed by atoms with E-state index >= 15 is 0 Å². The minimum absolute atomic E-state index is 0.0189. The van der Waals surface area contributed by atoms with Gasteiger partial charge in [-0.1, -0.05) is 36.9 Å². The van der Waals surface area contributed by atoms with Crippen LogP contribution in [0.3, 0.4) is 0 Å². The zero-order valence-electron chi connectivity index (χ0n) is 16.6. The van der Waals surface area contributed by atoms with Crippen LogP contribution in [0.25, 0.3) is 11.0 Å². The van der Waals surface area contributed by atoms with E-state index in [9.17, 15) is 9.59 Å². The van der Waals surface area contributed by atoms with Crippen LogP contribution in [0, 0.1) is 0 Å². The summed E-state index contributed by atoms with van der Waals surface area (Å²) in [5.74, 6) is 0.309. The summed E-state index contributed by atoms with van der Waals surface area (Å²) in [7, 11) is 0. The van der Waals surface area contributed by atoms with Crippen molar-refractivity contribution in [3.63, 3.8) is 0 Å². The number of nitrogens with one attached hydrogen (secondary N) is 2. The number of hydrogen-bond donors (Lipinski definition) is 2. The van der Waals surface area contributed by atoms with E-state index in [0.29, 0.717) is 24.7 Å². The molecule has 0 radical (unpaired) electrons. The Morgan fingerprint density at radius 1 is 1.27 bits per heavy atom. The number of aromatic nitrogens is 2. The van der Waals surface area contributed by atoms with E-state index in [0.717, 1.165) is 35.0 Å². The van der Waals surface area contributed by atoms with Crippen LogP contribution < -0.4 is 5.32 Å². The number of aromatic amines is 1. The van der Waals surface area contributed by atoms with E-state index in [2.05, 4.69) is 21.9 Å². The molecule has 2 aromatic heterocycles. The van der Waals surface area contributed by atoms with Crippen LogP contribution in [0.5, 0.6) is 0 Å². The summed E-state index contributed by atoms with van der Waals surface area (Å²) in [6.07, 6.45) is 6.19. The predicted octanol–water partition coefficient (Wildman–Crippen LogP) is 4.20. The number of nitrogens with zero attached hydrogens (tertiary/aromatic N) is 2. The van der Waals surface area contributed by atoms with Gasteiger partial charge in [-0.3, -0.25) is 10.1 Å². The fourth-order valence-corrected chi connectivity index (χ4v) is 3.85. The van der Waals surface area contributed by atoms with Crippen LogP contribution in [-0.4, -0.2) is 40.0 Å². The largest absolute Gasteiger partial charge is 0.444 e. The molecule has 7 nitrogen and oxygen atoms in total. The van der Waals surface area contributed by atoms with Gasteiger partial charge < -0.3 is 14.6 Å². The number of carbonyl (C=O) groups excluding carboxylic acids is 2. The van der Waals surface area contributed by atoms with Crippen LogP contribution in [0.1, 0.15) is 29.9 Å². The van der Waals surface area contributed by atoms with Crippen molar-refractivity contribution in [3.05, 3.63) is 72.6 Å². The normalized spacial score (nSPS) is 14.5. The van der Waals surface area contributed by atoms with Crippen molar-refractivity contribution < 1.29 is 14.3 Å². The zero-order chi connectivity index (χ0) is 20.9. The van der Waals surface area contributed by atoms with E-state index in [1.54, 1.807) is 6.20 Å². The summed E-state index contributed by atoms with van der Waals surface area (Å²) in [4.78, 5) is 33.4. The van der Waals surface area contributed by atoms with Crippen molar-refractivity contribution in [2.45, 2.75) is 25.4 Å². The van der Waals surface area contributed by atoms with Crippen LogP contribution in [0.15, 0.2) is 61.4 Å². The van der Waals surface area contributed by atoms with Crippen LogP contribution in [0.4, 0.5) is 10.5 Å². The summed E-state index contributed by atoms with van der Waals surface area (Å²) >= 11 is 0. The molecule has 1 fully saturated rings. The summed E-state index contributed by atoms with van der Waals surface area (Å²) in [5.41, 5.74) is 3.44. The molecule has 0 bridgehead atoms. The second-order valence-electron chi connectivity index (χ2n) is 7.35. The van der Waals surface area contributed by atoms with Crippen molar-refractivity contribution in [3.8, 4) is 0 Å². The number of rotatable bonds is 5. The second-order valence-corrected chi connectivity index (χ2v) is 7.35. The monoisotopic (exact) mass is 404 g/mol. The van der Waals surface area contributed by atoms with E-state index in [1.807, 2.05) is 47.5 Å². The first-order valence-corrected chi connectivity index (χ1v) is 10.00. The van der Waals surface area contributed by atoms with Crippen molar-refractivity contribution in [2.24, 2.45) is 0 Å². The molecule has 7 heteroatoms. The number of benzene rings is 1. The fraction of sp³-hybridized carbons (Fsp3) is 0.261. The lowest BCUT2D eigenvalue weighted by Crippen LogP contribution is -2.36. The van der Waals surface area contributed by atoms with Gasteiger partial charge in [0.25, 0.3) is 0 Å². The first-order chi connectivity index (χ1) is 14.6. The van der Waals surface area contributed by atoms with E-state index in [1.165, 1.54) is 6.08 Å². The van der Waals surface area contributed by atoms with Gasteiger partial charge in [0.05, 0.1) is 11.9 Å². The Labute approximate surface area is 174 Å². The summed E-state index contributed by atoms with van der Waals surface area (Å²) in [5, 5.41) is 3.73. The number of fused-ring (bicyclic) bond motifs is 1. The maximum absolute atomic E-state index is 12.2. The van der Waals surface area contributed by atoms with Crippen molar-refractivity contribution in [1.29, 1.82) is 0 Å². The van der Waals surface area contributed by atoms with E-state index in [-0.39, 0.29) is 12.5 Å². The van der Waals surface area contributed by atoms with Gasteiger partial charge in [-0.15, -0.1) is 0 Å². The molecule has 0 atom stereocenters. The number of anilines is 1. The SMILES string of the molecule is C=CC(=O)N1CCC(c2c[nH]c3ncc(NC(=O)OCc4ccccc4)cc23)CC1. The molecule has 0 spiro atoms. The summed E-state index contributed by atoms with van der Waals surface area (Å²) in [6, 6.07) is 11.4. The average Bonchev–Trinajstić information content (AvgIpc) is 3.21. The third kappa shape index (κ3) is 4.35. The minimum atomic E-state index is -0.520. The predicted molar refractivity (Wildman–Crippen MR) is 115 cm³/mol. The van der Waals surface area contributed by atoms with Gasteiger partial charge in [0.1, 0.15) is 12.3 Å². The highest BCUT2D eigenvalue weighted by Crippen LogP contribution is 2.33. The smallest absolute Gasteiger partial charge is 0.412 e. The van der Waals surface area contributed by atoms with Crippen molar-refractivity contribution in [2.75, 3.05) is 18.4 Å². The van der Waals surface area contributed by atoms with Crippen molar-refractivity contribution >= 4 is 28.7 Å².